The fourth-order valence-electron chi connectivity index (χ4n) is 6.55. The largest absolute Gasteiger partial charge is 0.497 e. The number of nitrogens with zero attached hydrogens (tertiary/aromatic N) is 1. The van der Waals surface area contributed by atoms with E-state index in [2.05, 4.69) is 35.3 Å². The van der Waals surface area contributed by atoms with E-state index < -0.39 is 0 Å². The number of carbonyl (C=O) groups excluding carboxylic acids is 2. The number of methoxy groups -OCH3 is 2. The Bertz CT molecular complexity index is 1110. The smallest absolute Gasteiger partial charge is 0.337 e. The molecule has 6 nitrogen and oxygen atoms in total. The van der Waals surface area contributed by atoms with E-state index in [4.69, 9.17) is 9.47 Å². The molecule has 1 amide bonds. The summed E-state index contributed by atoms with van der Waals surface area (Å²) in [6.07, 6.45) is 6.20. The summed E-state index contributed by atoms with van der Waals surface area (Å²) < 4.78 is 10.4. The normalized spacial score (nSPS) is 25.1. The predicted molar refractivity (Wildman–Crippen MR) is 139 cm³/mol. The van der Waals surface area contributed by atoms with Gasteiger partial charge in [-0.3, -0.25) is 9.69 Å². The van der Waals surface area contributed by atoms with Gasteiger partial charge in [-0.05, 0) is 91.4 Å². The molecule has 2 aromatic rings. The highest BCUT2D eigenvalue weighted by molar-refractivity contribution is 5.89. The molecule has 1 saturated carbocycles. The van der Waals surface area contributed by atoms with Crippen molar-refractivity contribution in [1.29, 1.82) is 0 Å². The zero-order valence-corrected chi connectivity index (χ0v) is 21.7. The molecule has 2 fully saturated rings. The number of fused-ring (bicyclic) bond motifs is 4. The summed E-state index contributed by atoms with van der Waals surface area (Å²) in [7, 11) is 3.10. The molecule has 6 heteroatoms. The molecule has 1 N–H and O–H groups in total. The summed E-state index contributed by atoms with van der Waals surface area (Å²) in [6.45, 7) is 5.44. The van der Waals surface area contributed by atoms with Crippen LogP contribution in [0.25, 0.3) is 0 Å². The van der Waals surface area contributed by atoms with Gasteiger partial charge in [0.05, 0.1) is 26.2 Å². The second-order valence-corrected chi connectivity index (χ2v) is 10.9. The van der Waals surface area contributed by atoms with Gasteiger partial charge in [-0.25, -0.2) is 4.79 Å². The van der Waals surface area contributed by atoms with Crippen LogP contribution in [-0.4, -0.2) is 56.7 Å². The summed E-state index contributed by atoms with van der Waals surface area (Å²) in [5.41, 5.74) is 4.28. The van der Waals surface area contributed by atoms with Crippen molar-refractivity contribution in [3.05, 3.63) is 64.7 Å². The van der Waals surface area contributed by atoms with Crippen molar-refractivity contribution in [3.63, 3.8) is 0 Å². The van der Waals surface area contributed by atoms with E-state index in [0.29, 0.717) is 30.5 Å². The quantitative estimate of drug-likeness (QED) is 0.535. The van der Waals surface area contributed by atoms with Gasteiger partial charge in [-0.15, -0.1) is 0 Å². The van der Waals surface area contributed by atoms with Crippen molar-refractivity contribution in [2.24, 2.45) is 11.8 Å². The summed E-state index contributed by atoms with van der Waals surface area (Å²) >= 11 is 0. The summed E-state index contributed by atoms with van der Waals surface area (Å²) in [6, 6.07) is 14.2. The van der Waals surface area contributed by atoms with Gasteiger partial charge in [-0.1, -0.05) is 25.1 Å². The molecule has 3 atom stereocenters. The Kier molecular flexibility index (Phi) is 7.07. The molecule has 1 heterocycles. The molecule has 1 saturated heterocycles. The number of hydrogen-bond acceptors (Lipinski definition) is 5. The highest BCUT2D eigenvalue weighted by Gasteiger charge is 2.51. The average Bonchev–Trinajstić information content (AvgIpc) is 3.71. The van der Waals surface area contributed by atoms with Gasteiger partial charge in [0.25, 0.3) is 0 Å². The number of carbonyl (C=O) groups is 2. The lowest BCUT2D eigenvalue weighted by Gasteiger charge is -2.56. The first kappa shape index (κ1) is 24.8. The number of benzene rings is 2. The Morgan fingerprint density at radius 3 is 2.58 bits per heavy atom. The lowest BCUT2D eigenvalue weighted by molar-refractivity contribution is -0.120. The van der Waals surface area contributed by atoms with Crippen LogP contribution < -0.4 is 10.1 Å². The Hall–Kier alpha value is -2.86. The first-order valence-corrected chi connectivity index (χ1v) is 13.3. The second-order valence-electron chi connectivity index (χ2n) is 10.9. The highest BCUT2D eigenvalue weighted by Crippen LogP contribution is 2.52. The summed E-state index contributed by atoms with van der Waals surface area (Å²) in [5.74, 6) is 1.97. The van der Waals surface area contributed by atoms with Crippen LogP contribution in [0.5, 0.6) is 5.75 Å². The number of likely N-dealkylation sites (tertiary alicyclic amines) is 1. The minimum atomic E-state index is -0.370. The van der Waals surface area contributed by atoms with Crippen LogP contribution in [0.15, 0.2) is 42.5 Å². The highest BCUT2D eigenvalue weighted by atomic mass is 16.5. The van der Waals surface area contributed by atoms with Crippen LogP contribution in [0.1, 0.15) is 59.7 Å². The Labute approximate surface area is 214 Å². The SMILES string of the molecule is COC(=O)c1ccc(CC(=O)NCC[C@]23CCN(CC4CC4)[C@H](Cc4ccc(OC)cc42)[C@@H]3C)cc1. The van der Waals surface area contributed by atoms with Gasteiger partial charge in [0.2, 0.25) is 5.91 Å². The third-order valence-electron chi connectivity index (χ3n) is 8.87. The first-order chi connectivity index (χ1) is 17.4. The van der Waals surface area contributed by atoms with Crippen molar-refractivity contribution in [2.45, 2.75) is 56.9 Å². The second kappa shape index (κ2) is 10.3. The number of hydrogen-bond donors (Lipinski definition) is 1. The monoisotopic (exact) mass is 490 g/mol. The zero-order chi connectivity index (χ0) is 25.3. The molecule has 36 heavy (non-hydrogen) atoms. The molecule has 2 aromatic carbocycles. The molecule has 0 aromatic heterocycles. The van der Waals surface area contributed by atoms with Crippen molar-refractivity contribution in [3.8, 4) is 5.75 Å². The van der Waals surface area contributed by atoms with Crippen LogP contribution in [0.3, 0.4) is 0 Å². The minimum absolute atomic E-state index is 0.00858. The molecule has 0 radical (unpaired) electrons. The molecular weight excluding hydrogens is 452 g/mol. The van der Waals surface area contributed by atoms with Crippen molar-refractivity contribution >= 4 is 11.9 Å². The van der Waals surface area contributed by atoms with E-state index in [1.165, 1.54) is 37.6 Å². The molecule has 0 unspecified atom stereocenters. The molecular formula is C30H38N2O4. The lowest BCUT2D eigenvalue weighted by atomic mass is 9.56. The van der Waals surface area contributed by atoms with E-state index in [9.17, 15) is 9.59 Å². The third-order valence-corrected chi connectivity index (χ3v) is 8.87. The standard InChI is InChI=1S/C30H38N2O4/c1-20-27-17-24-10-11-25(35-2)18-26(24)30(20,13-15-32(27)19-22-4-5-22)12-14-31-28(33)16-21-6-8-23(9-7-21)29(34)36-3/h6-11,18,20,22,27H,4-5,12-17,19H2,1-3H3,(H,31,33)/t20-,27+,30+/m0/s1. The van der Waals surface area contributed by atoms with Crippen molar-refractivity contribution in [1.82, 2.24) is 10.2 Å². The molecule has 0 spiro atoms. The van der Waals surface area contributed by atoms with Gasteiger partial charge in [0.15, 0.2) is 0 Å². The molecule has 3 aliphatic rings. The predicted octanol–water partition coefficient (Wildman–Crippen LogP) is 4.15. The maximum absolute atomic E-state index is 12.8. The van der Waals surface area contributed by atoms with Crippen LogP contribution in [-0.2, 0) is 27.8 Å². The Morgan fingerprint density at radius 1 is 1.11 bits per heavy atom. The maximum Gasteiger partial charge on any atom is 0.337 e. The lowest BCUT2D eigenvalue weighted by Crippen LogP contribution is -2.60. The van der Waals surface area contributed by atoms with Crippen LogP contribution in [0.4, 0.5) is 0 Å². The molecule has 1 aliphatic heterocycles. The average molecular weight is 491 g/mol. The van der Waals surface area contributed by atoms with Gasteiger partial charge < -0.3 is 14.8 Å². The van der Waals surface area contributed by atoms with Gasteiger partial charge in [0.1, 0.15) is 5.75 Å². The van der Waals surface area contributed by atoms with Gasteiger partial charge in [-0.2, -0.15) is 0 Å². The Balaban J connectivity index is 1.28. The topological polar surface area (TPSA) is 67.9 Å². The number of ether oxygens (including phenoxy) is 2. The van der Waals surface area contributed by atoms with E-state index in [1.807, 2.05) is 12.1 Å². The number of amides is 1. The fourth-order valence-corrected chi connectivity index (χ4v) is 6.55. The van der Waals surface area contributed by atoms with Crippen molar-refractivity contribution in [2.75, 3.05) is 33.9 Å². The number of nitrogens with one attached hydrogen (secondary N) is 1. The van der Waals surface area contributed by atoms with E-state index >= 15 is 0 Å². The summed E-state index contributed by atoms with van der Waals surface area (Å²) in [5, 5.41) is 3.18. The van der Waals surface area contributed by atoms with E-state index in [-0.39, 0.29) is 17.3 Å². The van der Waals surface area contributed by atoms with Crippen LogP contribution in [0, 0.1) is 11.8 Å². The molecule has 2 bridgehead atoms. The number of rotatable bonds is 9. The molecule has 2 aliphatic carbocycles. The third kappa shape index (κ3) is 4.88. The maximum atomic E-state index is 12.8. The number of esters is 1. The zero-order valence-electron chi connectivity index (χ0n) is 21.7. The number of piperidine rings is 1. The molecule has 192 valence electrons. The minimum Gasteiger partial charge on any atom is -0.497 e. The molecule has 5 rings (SSSR count). The fraction of sp³-hybridized carbons (Fsp3) is 0.533. The van der Waals surface area contributed by atoms with Gasteiger partial charge >= 0.3 is 5.97 Å². The van der Waals surface area contributed by atoms with Crippen molar-refractivity contribution < 1.29 is 19.1 Å². The van der Waals surface area contributed by atoms with E-state index in [0.717, 1.165) is 43.0 Å². The van der Waals surface area contributed by atoms with Gasteiger partial charge in [0, 0.05) is 24.5 Å². The van der Waals surface area contributed by atoms with E-state index in [1.54, 1.807) is 19.2 Å². The first-order valence-electron chi connectivity index (χ1n) is 13.3. The van der Waals surface area contributed by atoms with Crippen LogP contribution >= 0.6 is 0 Å². The Morgan fingerprint density at radius 2 is 1.89 bits per heavy atom. The van der Waals surface area contributed by atoms with Crippen LogP contribution in [0.2, 0.25) is 0 Å². The summed E-state index contributed by atoms with van der Waals surface area (Å²) in [4.78, 5) is 27.2.